The smallest absolute Gasteiger partial charge is 0.543 e. The number of fused-ring (bicyclic) bond motifs is 4. The summed E-state index contributed by atoms with van der Waals surface area (Å²) in [6, 6.07) is 16.8. The molecule has 0 radical (unpaired) electrons. The fourth-order valence-electron chi connectivity index (χ4n) is 5.35. The molecule has 2 aromatic carbocycles. The van der Waals surface area contributed by atoms with Gasteiger partial charge in [-0.2, -0.15) is 0 Å². The van der Waals surface area contributed by atoms with Crippen molar-refractivity contribution in [2.24, 2.45) is 5.92 Å². The van der Waals surface area contributed by atoms with E-state index in [1.165, 1.54) is 4.90 Å². The van der Waals surface area contributed by atoms with Crippen molar-refractivity contribution >= 4 is 45.2 Å². The van der Waals surface area contributed by atoms with Crippen LogP contribution in [0.3, 0.4) is 0 Å². The van der Waals surface area contributed by atoms with Crippen LogP contribution in [-0.2, 0) is 16.1 Å². The van der Waals surface area contributed by atoms with E-state index in [2.05, 4.69) is 10.3 Å². The van der Waals surface area contributed by atoms with Gasteiger partial charge in [0.2, 0.25) is 5.91 Å². The van der Waals surface area contributed by atoms with E-state index in [1.54, 1.807) is 19.2 Å². The summed E-state index contributed by atoms with van der Waals surface area (Å²) in [4.78, 5) is 30.2. The van der Waals surface area contributed by atoms with Crippen LogP contribution >= 0.6 is 0 Å². The number of para-hydroxylation sites is 1. The monoisotopic (exact) mass is 507 g/mol. The van der Waals surface area contributed by atoms with Gasteiger partial charge < -0.3 is 29.6 Å². The summed E-state index contributed by atoms with van der Waals surface area (Å²) in [6.45, 7) is 2.13. The van der Waals surface area contributed by atoms with E-state index in [1.807, 2.05) is 48.5 Å². The SMILES string of the molecule is C[C@@H](O)[C@H]1C(=O)N2C(C(=O)[O-])=C(c3cccc4c3oc3ccc(CNc5ccccn5)cc34)C[C@H]12.[K+]. The van der Waals surface area contributed by atoms with Gasteiger partial charge in [0.25, 0.3) is 0 Å². The molecule has 2 aliphatic heterocycles. The minimum Gasteiger partial charge on any atom is -0.543 e. The first-order chi connectivity index (χ1) is 16.9. The Bertz CT molecular complexity index is 1530. The molecule has 0 saturated carbocycles. The first kappa shape index (κ1) is 25.1. The van der Waals surface area contributed by atoms with Gasteiger partial charge in [-0.05, 0) is 48.7 Å². The molecule has 1 saturated heterocycles. The summed E-state index contributed by atoms with van der Waals surface area (Å²) in [5.74, 6) is -1.63. The van der Waals surface area contributed by atoms with E-state index >= 15 is 0 Å². The number of β-lactam (4-membered cyclic amide) rings is 1. The number of aliphatic carboxylic acids is 1. The number of carbonyl (C=O) groups excluding carboxylic acids is 2. The molecule has 1 amide bonds. The van der Waals surface area contributed by atoms with Crippen LogP contribution < -0.4 is 61.8 Å². The van der Waals surface area contributed by atoms with E-state index in [0.717, 1.165) is 22.2 Å². The fraction of sp³-hybridized carbons (Fsp3) is 0.222. The molecule has 3 atom stereocenters. The zero-order valence-corrected chi connectivity index (χ0v) is 23.0. The zero-order chi connectivity index (χ0) is 24.3. The standard InChI is InChI=1S/C27H23N3O5.K/c1-14(31)23-20-12-19(24(27(33)34)30(20)26(23)32)17-6-4-5-16-18-11-15(8-9-21(18)35-25(16)17)13-29-22-7-2-3-10-28-22;/h2-11,14,20,23,31H,12-13H2,1H3,(H,28,29)(H,33,34);/q;+1/p-1/t14-,20-,23-;/m1./s1. The van der Waals surface area contributed by atoms with E-state index in [0.29, 0.717) is 35.3 Å². The van der Waals surface area contributed by atoms with Crippen LogP contribution in [0.1, 0.15) is 24.5 Å². The van der Waals surface area contributed by atoms with Crippen LogP contribution in [0.5, 0.6) is 0 Å². The number of furan rings is 1. The molecule has 2 aliphatic rings. The van der Waals surface area contributed by atoms with Crippen LogP contribution in [0.25, 0.3) is 27.5 Å². The number of carbonyl (C=O) groups is 2. The topological polar surface area (TPSA) is 119 Å². The van der Waals surface area contributed by atoms with Gasteiger partial charge in [0.05, 0.1) is 29.7 Å². The maximum Gasteiger partial charge on any atom is 1.00 e. The molecule has 4 heterocycles. The second kappa shape index (κ2) is 9.73. The number of pyridine rings is 1. The average Bonchev–Trinajstić information content (AvgIpc) is 3.39. The number of anilines is 1. The summed E-state index contributed by atoms with van der Waals surface area (Å²) in [6.07, 6.45) is 1.20. The van der Waals surface area contributed by atoms with Crippen molar-refractivity contribution in [1.82, 2.24) is 9.88 Å². The molecule has 8 nitrogen and oxygen atoms in total. The third-order valence-electron chi connectivity index (χ3n) is 6.95. The van der Waals surface area contributed by atoms with Crippen molar-refractivity contribution in [3.8, 4) is 0 Å². The minimum atomic E-state index is -1.41. The Morgan fingerprint density at radius 1 is 1.22 bits per heavy atom. The van der Waals surface area contributed by atoms with Crippen LogP contribution in [0.15, 0.2) is 70.9 Å². The molecule has 4 aromatic rings. The molecule has 0 bridgehead atoms. The normalized spacial score (nSPS) is 19.7. The molecular formula is C27H22KN3O5. The Hall–Kier alpha value is -2.53. The van der Waals surface area contributed by atoms with Gasteiger partial charge in [-0.15, -0.1) is 0 Å². The van der Waals surface area contributed by atoms with Crippen molar-refractivity contribution in [2.75, 3.05) is 5.32 Å². The Balaban J connectivity index is 0.00000267. The van der Waals surface area contributed by atoms with Gasteiger partial charge in [0.15, 0.2) is 0 Å². The van der Waals surface area contributed by atoms with Gasteiger partial charge in [-0.1, -0.05) is 30.3 Å². The van der Waals surface area contributed by atoms with Crippen molar-refractivity contribution in [2.45, 2.75) is 32.0 Å². The van der Waals surface area contributed by atoms with Gasteiger partial charge >= 0.3 is 51.4 Å². The molecule has 2 aromatic heterocycles. The Kier molecular flexibility index (Phi) is 6.80. The van der Waals surface area contributed by atoms with Crippen molar-refractivity contribution < 1.29 is 75.6 Å². The number of aliphatic hydroxyl groups excluding tert-OH is 1. The number of hydrogen-bond acceptors (Lipinski definition) is 7. The molecular weight excluding hydrogens is 485 g/mol. The summed E-state index contributed by atoms with van der Waals surface area (Å²) >= 11 is 0. The largest absolute Gasteiger partial charge is 1.00 e. The second-order valence-corrected chi connectivity index (χ2v) is 9.04. The first-order valence-electron chi connectivity index (χ1n) is 11.5. The zero-order valence-electron chi connectivity index (χ0n) is 19.9. The number of hydrogen-bond donors (Lipinski definition) is 2. The maximum atomic E-state index is 12.6. The molecule has 6 rings (SSSR count). The average molecular weight is 508 g/mol. The Morgan fingerprint density at radius 3 is 2.78 bits per heavy atom. The summed E-state index contributed by atoms with van der Waals surface area (Å²) in [5, 5.41) is 27.2. The molecule has 36 heavy (non-hydrogen) atoms. The molecule has 0 aliphatic carbocycles. The van der Waals surface area contributed by atoms with Crippen LogP contribution in [-0.4, -0.2) is 39.0 Å². The Labute approximate surface area is 249 Å². The molecule has 1 fully saturated rings. The van der Waals surface area contributed by atoms with Crippen molar-refractivity contribution in [1.29, 1.82) is 0 Å². The molecule has 2 N–H and O–H groups in total. The minimum absolute atomic E-state index is 0. The van der Waals surface area contributed by atoms with Gasteiger partial charge in [-0.3, -0.25) is 4.79 Å². The van der Waals surface area contributed by atoms with Crippen LogP contribution in [0.2, 0.25) is 0 Å². The molecule has 0 unspecified atom stereocenters. The number of nitrogens with one attached hydrogen (secondary N) is 1. The third-order valence-corrected chi connectivity index (χ3v) is 6.95. The number of rotatable bonds is 6. The number of aromatic nitrogens is 1. The molecule has 176 valence electrons. The predicted molar refractivity (Wildman–Crippen MR) is 128 cm³/mol. The third kappa shape index (κ3) is 4.00. The second-order valence-electron chi connectivity index (χ2n) is 9.04. The van der Waals surface area contributed by atoms with Gasteiger partial charge in [-0.25, -0.2) is 4.98 Å². The fourth-order valence-corrected chi connectivity index (χ4v) is 5.35. The van der Waals surface area contributed by atoms with E-state index in [-0.39, 0.29) is 63.0 Å². The summed E-state index contributed by atoms with van der Waals surface area (Å²) < 4.78 is 6.20. The number of aliphatic hydroxyl groups is 1. The van der Waals surface area contributed by atoms with Crippen LogP contribution in [0, 0.1) is 5.92 Å². The maximum absolute atomic E-state index is 12.6. The van der Waals surface area contributed by atoms with Gasteiger partial charge in [0, 0.05) is 29.1 Å². The number of amides is 1. The van der Waals surface area contributed by atoms with E-state index < -0.39 is 24.0 Å². The first-order valence-corrected chi connectivity index (χ1v) is 11.5. The van der Waals surface area contributed by atoms with Crippen molar-refractivity contribution in [3.05, 3.63) is 77.6 Å². The number of carboxylic acids is 1. The number of nitrogens with zero attached hydrogens (tertiary/aromatic N) is 2. The quantitative estimate of drug-likeness (QED) is 0.271. The van der Waals surface area contributed by atoms with E-state index in [4.69, 9.17) is 4.42 Å². The summed E-state index contributed by atoms with van der Waals surface area (Å²) in [7, 11) is 0. The molecule has 0 spiro atoms. The van der Waals surface area contributed by atoms with E-state index in [9.17, 15) is 19.8 Å². The van der Waals surface area contributed by atoms with Crippen LogP contribution in [0.4, 0.5) is 5.82 Å². The Morgan fingerprint density at radius 2 is 2.06 bits per heavy atom. The predicted octanol–water partition coefficient (Wildman–Crippen LogP) is -0.330. The van der Waals surface area contributed by atoms with Gasteiger partial charge in [0.1, 0.15) is 17.0 Å². The number of carboxylic acid groups (broad SMARTS) is 1. The van der Waals surface area contributed by atoms with Crippen molar-refractivity contribution in [3.63, 3.8) is 0 Å². The number of benzene rings is 2. The summed E-state index contributed by atoms with van der Waals surface area (Å²) in [5.41, 5.74) is 3.27. The molecule has 9 heteroatoms.